The SMILES string of the molecule is COc1ccc(CNC(=O)[C@@H](C)OC(=O)c2ccc(OC)c(F)c2)cc1. The van der Waals surface area contributed by atoms with Crippen LogP contribution in [0.5, 0.6) is 11.5 Å². The molecule has 2 aromatic carbocycles. The molecule has 2 rings (SSSR count). The molecule has 0 aliphatic heterocycles. The molecule has 0 aliphatic carbocycles. The fourth-order valence-electron chi connectivity index (χ4n) is 2.15. The number of hydrogen-bond donors (Lipinski definition) is 1. The third-order valence-electron chi connectivity index (χ3n) is 3.67. The molecule has 0 heterocycles. The maximum atomic E-state index is 13.6. The van der Waals surface area contributed by atoms with Gasteiger partial charge < -0.3 is 19.5 Å². The number of benzene rings is 2. The first-order valence-corrected chi connectivity index (χ1v) is 7.89. The van der Waals surface area contributed by atoms with E-state index in [0.29, 0.717) is 5.75 Å². The second kappa shape index (κ2) is 8.84. The highest BCUT2D eigenvalue weighted by molar-refractivity contribution is 5.92. The van der Waals surface area contributed by atoms with Gasteiger partial charge in [0.1, 0.15) is 5.75 Å². The number of methoxy groups -OCH3 is 2. The summed E-state index contributed by atoms with van der Waals surface area (Å²) in [6, 6.07) is 10.9. The predicted molar refractivity (Wildman–Crippen MR) is 92.7 cm³/mol. The first-order valence-electron chi connectivity index (χ1n) is 7.89. The summed E-state index contributed by atoms with van der Waals surface area (Å²) < 4.78 is 28.6. The van der Waals surface area contributed by atoms with Gasteiger partial charge in [-0.3, -0.25) is 4.79 Å². The second-order valence-corrected chi connectivity index (χ2v) is 5.46. The maximum Gasteiger partial charge on any atom is 0.339 e. The summed E-state index contributed by atoms with van der Waals surface area (Å²) in [6.07, 6.45) is -1.02. The minimum Gasteiger partial charge on any atom is -0.497 e. The lowest BCUT2D eigenvalue weighted by molar-refractivity contribution is -0.129. The van der Waals surface area contributed by atoms with Gasteiger partial charge in [-0.1, -0.05) is 12.1 Å². The van der Waals surface area contributed by atoms with E-state index < -0.39 is 23.8 Å². The Labute approximate surface area is 150 Å². The Morgan fingerprint density at radius 2 is 1.77 bits per heavy atom. The number of carbonyl (C=O) groups is 2. The summed E-state index contributed by atoms with van der Waals surface area (Å²) in [5.41, 5.74) is 0.869. The summed E-state index contributed by atoms with van der Waals surface area (Å²) in [5, 5.41) is 2.67. The van der Waals surface area contributed by atoms with Crippen molar-refractivity contribution < 1.29 is 28.2 Å². The third kappa shape index (κ3) is 4.95. The Balaban J connectivity index is 1.89. The molecule has 0 fully saturated rings. The molecular formula is C19H20FNO5. The van der Waals surface area contributed by atoms with Gasteiger partial charge in [0.2, 0.25) is 0 Å². The Hall–Kier alpha value is -3.09. The fourth-order valence-corrected chi connectivity index (χ4v) is 2.15. The summed E-state index contributed by atoms with van der Waals surface area (Å²) in [5.74, 6) is -1.19. The molecule has 1 amide bonds. The Bertz CT molecular complexity index is 776. The normalized spacial score (nSPS) is 11.4. The average Bonchev–Trinajstić information content (AvgIpc) is 2.66. The Kier molecular flexibility index (Phi) is 6.54. The van der Waals surface area contributed by atoms with Crippen LogP contribution in [0.15, 0.2) is 42.5 Å². The lowest BCUT2D eigenvalue weighted by Gasteiger charge is -2.14. The number of amides is 1. The van der Waals surface area contributed by atoms with Crippen LogP contribution in [0, 0.1) is 5.82 Å². The van der Waals surface area contributed by atoms with Crippen molar-refractivity contribution in [3.63, 3.8) is 0 Å². The van der Waals surface area contributed by atoms with Crippen molar-refractivity contribution >= 4 is 11.9 Å². The minimum atomic E-state index is -1.02. The van der Waals surface area contributed by atoms with E-state index in [1.54, 1.807) is 19.2 Å². The lowest BCUT2D eigenvalue weighted by Crippen LogP contribution is -2.35. The highest BCUT2D eigenvalue weighted by Gasteiger charge is 2.19. The van der Waals surface area contributed by atoms with Crippen LogP contribution in [0.1, 0.15) is 22.8 Å². The monoisotopic (exact) mass is 361 g/mol. The minimum absolute atomic E-state index is 0.00176. The zero-order valence-corrected chi connectivity index (χ0v) is 14.7. The molecule has 26 heavy (non-hydrogen) atoms. The van der Waals surface area contributed by atoms with Gasteiger partial charge in [-0.15, -0.1) is 0 Å². The van der Waals surface area contributed by atoms with Gasteiger partial charge in [-0.2, -0.15) is 0 Å². The molecule has 0 unspecified atom stereocenters. The van der Waals surface area contributed by atoms with Gasteiger partial charge in [0.25, 0.3) is 5.91 Å². The first-order chi connectivity index (χ1) is 12.4. The standard InChI is InChI=1S/C19H20FNO5/c1-12(18(22)21-11-13-4-7-15(24-2)8-5-13)26-19(23)14-6-9-17(25-3)16(20)10-14/h4-10,12H,11H2,1-3H3,(H,21,22)/t12-/m1/s1. The van der Waals surface area contributed by atoms with Crippen LogP contribution < -0.4 is 14.8 Å². The topological polar surface area (TPSA) is 73.9 Å². The second-order valence-electron chi connectivity index (χ2n) is 5.46. The summed E-state index contributed by atoms with van der Waals surface area (Å²) in [4.78, 5) is 24.1. The molecule has 0 saturated carbocycles. The van der Waals surface area contributed by atoms with E-state index in [-0.39, 0.29) is 17.9 Å². The van der Waals surface area contributed by atoms with E-state index in [0.717, 1.165) is 11.6 Å². The van der Waals surface area contributed by atoms with E-state index in [9.17, 15) is 14.0 Å². The van der Waals surface area contributed by atoms with Crippen molar-refractivity contribution in [3.8, 4) is 11.5 Å². The van der Waals surface area contributed by atoms with E-state index >= 15 is 0 Å². The van der Waals surface area contributed by atoms with E-state index in [1.165, 1.54) is 26.2 Å². The molecule has 0 saturated heterocycles. The average molecular weight is 361 g/mol. The van der Waals surface area contributed by atoms with E-state index in [4.69, 9.17) is 14.2 Å². The van der Waals surface area contributed by atoms with Crippen LogP contribution in [-0.2, 0) is 16.1 Å². The van der Waals surface area contributed by atoms with Crippen LogP contribution in [0.3, 0.4) is 0 Å². The van der Waals surface area contributed by atoms with E-state index in [1.807, 2.05) is 12.1 Å². The number of halogens is 1. The third-order valence-corrected chi connectivity index (χ3v) is 3.67. The molecule has 6 nitrogen and oxygen atoms in total. The maximum absolute atomic E-state index is 13.6. The fraction of sp³-hybridized carbons (Fsp3) is 0.263. The van der Waals surface area contributed by atoms with Gasteiger partial charge in [-0.25, -0.2) is 9.18 Å². The summed E-state index contributed by atoms with van der Waals surface area (Å²) >= 11 is 0. The molecular weight excluding hydrogens is 341 g/mol. The van der Waals surface area contributed by atoms with Crippen LogP contribution in [0.2, 0.25) is 0 Å². The molecule has 0 aliphatic rings. The molecule has 0 aromatic heterocycles. The highest BCUT2D eigenvalue weighted by atomic mass is 19.1. The zero-order chi connectivity index (χ0) is 19.1. The Morgan fingerprint density at radius 1 is 1.08 bits per heavy atom. The van der Waals surface area contributed by atoms with Gasteiger partial charge in [0, 0.05) is 6.54 Å². The van der Waals surface area contributed by atoms with Gasteiger partial charge in [0.05, 0.1) is 19.8 Å². The van der Waals surface area contributed by atoms with Crippen molar-refractivity contribution in [2.75, 3.05) is 14.2 Å². The lowest BCUT2D eigenvalue weighted by atomic mass is 10.2. The Morgan fingerprint density at radius 3 is 2.35 bits per heavy atom. The molecule has 138 valence electrons. The number of rotatable bonds is 7. The van der Waals surface area contributed by atoms with Crippen molar-refractivity contribution in [2.45, 2.75) is 19.6 Å². The molecule has 0 spiro atoms. The predicted octanol–water partition coefficient (Wildman–Crippen LogP) is 2.70. The van der Waals surface area contributed by atoms with Gasteiger partial charge in [0.15, 0.2) is 17.7 Å². The summed E-state index contributed by atoms with van der Waals surface area (Å²) in [6.45, 7) is 1.73. The number of carbonyl (C=O) groups excluding carboxylic acids is 2. The van der Waals surface area contributed by atoms with Crippen molar-refractivity contribution in [3.05, 3.63) is 59.4 Å². The molecule has 2 aromatic rings. The first kappa shape index (κ1) is 19.2. The van der Waals surface area contributed by atoms with Crippen LogP contribution in [0.25, 0.3) is 0 Å². The van der Waals surface area contributed by atoms with Gasteiger partial charge >= 0.3 is 5.97 Å². The van der Waals surface area contributed by atoms with Gasteiger partial charge in [-0.05, 0) is 42.8 Å². The highest BCUT2D eigenvalue weighted by Crippen LogP contribution is 2.18. The number of ether oxygens (including phenoxy) is 3. The molecule has 0 bridgehead atoms. The van der Waals surface area contributed by atoms with Crippen LogP contribution in [0.4, 0.5) is 4.39 Å². The molecule has 1 N–H and O–H groups in total. The van der Waals surface area contributed by atoms with Crippen molar-refractivity contribution in [1.82, 2.24) is 5.32 Å². The zero-order valence-electron chi connectivity index (χ0n) is 14.7. The quantitative estimate of drug-likeness (QED) is 0.768. The number of nitrogens with one attached hydrogen (secondary N) is 1. The number of esters is 1. The molecule has 0 radical (unpaired) electrons. The largest absolute Gasteiger partial charge is 0.497 e. The number of hydrogen-bond acceptors (Lipinski definition) is 5. The smallest absolute Gasteiger partial charge is 0.339 e. The molecule has 1 atom stereocenters. The molecule has 7 heteroatoms. The van der Waals surface area contributed by atoms with Crippen molar-refractivity contribution in [1.29, 1.82) is 0 Å². The van der Waals surface area contributed by atoms with E-state index in [2.05, 4.69) is 5.32 Å². The van der Waals surface area contributed by atoms with Crippen LogP contribution >= 0.6 is 0 Å². The van der Waals surface area contributed by atoms with Crippen LogP contribution in [-0.4, -0.2) is 32.2 Å². The van der Waals surface area contributed by atoms with Crippen molar-refractivity contribution in [2.24, 2.45) is 0 Å². The summed E-state index contributed by atoms with van der Waals surface area (Å²) in [7, 11) is 2.90.